The third-order valence-electron chi connectivity index (χ3n) is 2.45. The zero-order valence-corrected chi connectivity index (χ0v) is 12.2. The molecule has 2 N–H and O–H groups in total. The van der Waals surface area contributed by atoms with Crippen LogP contribution in [0.1, 0.15) is 5.56 Å². The van der Waals surface area contributed by atoms with Gasteiger partial charge in [-0.2, -0.15) is 13.2 Å². The molecule has 0 fully saturated rings. The molecule has 0 heterocycles. The number of halogens is 5. The molecule has 0 aliphatic heterocycles. The summed E-state index contributed by atoms with van der Waals surface area (Å²) in [6, 6.07) is 7.75. The van der Waals surface area contributed by atoms with Gasteiger partial charge in [-0.1, -0.05) is 27.5 Å². The molecule has 0 aliphatic carbocycles. The first kappa shape index (κ1) is 15.0. The van der Waals surface area contributed by atoms with Crippen LogP contribution >= 0.6 is 27.5 Å². The van der Waals surface area contributed by atoms with Crippen LogP contribution in [0.2, 0.25) is 5.02 Å². The number of nitrogens with two attached hydrogens (primary N) is 1. The van der Waals surface area contributed by atoms with Crippen LogP contribution in [-0.4, -0.2) is 0 Å². The molecule has 0 bridgehead atoms. The standard InChI is InChI=1S/C13H8BrClF3NO/c14-7-1-3-9(13(16,17)18)12(5-7)20-8-2-4-11(19)10(15)6-8/h1-6H,19H2. The third-order valence-corrected chi connectivity index (χ3v) is 3.27. The van der Waals surface area contributed by atoms with Gasteiger partial charge in [-0.05, 0) is 30.3 Å². The lowest BCUT2D eigenvalue weighted by Gasteiger charge is -2.14. The fourth-order valence-corrected chi connectivity index (χ4v) is 2.02. The molecule has 106 valence electrons. The molecule has 0 amide bonds. The van der Waals surface area contributed by atoms with Crippen molar-refractivity contribution in [3.63, 3.8) is 0 Å². The zero-order chi connectivity index (χ0) is 14.9. The number of rotatable bonds is 2. The fourth-order valence-electron chi connectivity index (χ4n) is 1.51. The van der Waals surface area contributed by atoms with Crippen LogP contribution in [0.15, 0.2) is 40.9 Å². The lowest BCUT2D eigenvalue weighted by molar-refractivity contribution is -0.138. The van der Waals surface area contributed by atoms with Gasteiger partial charge in [-0.3, -0.25) is 0 Å². The van der Waals surface area contributed by atoms with Gasteiger partial charge in [0, 0.05) is 10.5 Å². The van der Waals surface area contributed by atoms with Crippen LogP contribution in [0, 0.1) is 0 Å². The minimum atomic E-state index is -4.51. The van der Waals surface area contributed by atoms with Crippen molar-refractivity contribution < 1.29 is 17.9 Å². The van der Waals surface area contributed by atoms with Gasteiger partial charge in [-0.25, -0.2) is 0 Å². The molecular formula is C13H8BrClF3NO. The van der Waals surface area contributed by atoms with E-state index in [0.29, 0.717) is 10.2 Å². The number of alkyl halides is 3. The second-order valence-corrected chi connectivity index (χ2v) is 5.25. The summed E-state index contributed by atoms with van der Waals surface area (Å²) in [7, 11) is 0. The summed E-state index contributed by atoms with van der Waals surface area (Å²) in [6.07, 6.45) is -4.51. The largest absolute Gasteiger partial charge is 0.457 e. The summed E-state index contributed by atoms with van der Waals surface area (Å²) in [5, 5.41) is 0.214. The van der Waals surface area contributed by atoms with E-state index >= 15 is 0 Å². The molecule has 0 aliphatic rings. The van der Waals surface area contributed by atoms with Crippen LogP contribution < -0.4 is 10.5 Å². The van der Waals surface area contributed by atoms with Crippen molar-refractivity contribution in [2.75, 3.05) is 5.73 Å². The molecule has 0 spiro atoms. The van der Waals surface area contributed by atoms with Crippen LogP contribution in [0.3, 0.4) is 0 Å². The van der Waals surface area contributed by atoms with Crippen molar-refractivity contribution in [3.8, 4) is 11.5 Å². The quantitative estimate of drug-likeness (QED) is 0.713. The highest BCUT2D eigenvalue weighted by Gasteiger charge is 2.34. The Balaban J connectivity index is 2.42. The van der Waals surface area contributed by atoms with E-state index in [1.165, 1.54) is 30.3 Å². The first-order valence-corrected chi connectivity index (χ1v) is 6.54. The highest BCUT2D eigenvalue weighted by Crippen LogP contribution is 2.40. The van der Waals surface area contributed by atoms with Crippen LogP contribution in [0.5, 0.6) is 11.5 Å². The number of anilines is 1. The third kappa shape index (κ3) is 3.37. The summed E-state index contributed by atoms with van der Waals surface area (Å²) >= 11 is 8.91. The molecule has 0 atom stereocenters. The maximum Gasteiger partial charge on any atom is 0.419 e. The maximum atomic E-state index is 12.9. The number of nitrogen functional groups attached to an aromatic ring is 1. The first-order valence-electron chi connectivity index (χ1n) is 5.37. The molecule has 2 aromatic carbocycles. The van der Waals surface area contributed by atoms with Crippen molar-refractivity contribution in [2.45, 2.75) is 6.18 Å². The smallest absolute Gasteiger partial charge is 0.419 e. The first-order chi connectivity index (χ1) is 9.27. The highest BCUT2D eigenvalue weighted by atomic mass is 79.9. The van der Waals surface area contributed by atoms with E-state index in [-0.39, 0.29) is 16.5 Å². The van der Waals surface area contributed by atoms with E-state index in [9.17, 15) is 13.2 Å². The van der Waals surface area contributed by atoms with E-state index in [0.717, 1.165) is 6.07 Å². The topological polar surface area (TPSA) is 35.2 Å². The van der Waals surface area contributed by atoms with Crippen LogP contribution in [-0.2, 0) is 6.18 Å². The van der Waals surface area contributed by atoms with E-state index < -0.39 is 11.7 Å². The van der Waals surface area contributed by atoms with Gasteiger partial charge >= 0.3 is 6.18 Å². The number of ether oxygens (including phenoxy) is 1. The second-order valence-electron chi connectivity index (χ2n) is 3.92. The van der Waals surface area contributed by atoms with E-state index in [4.69, 9.17) is 22.1 Å². The molecular weight excluding hydrogens is 358 g/mol. The molecule has 2 aromatic rings. The van der Waals surface area contributed by atoms with Crippen molar-refractivity contribution in [2.24, 2.45) is 0 Å². The Morgan fingerprint density at radius 3 is 2.40 bits per heavy atom. The van der Waals surface area contributed by atoms with E-state index in [1.807, 2.05) is 0 Å². The number of hydrogen-bond acceptors (Lipinski definition) is 2. The summed E-state index contributed by atoms with van der Waals surface area (Å²) in [4.78, 5) is 0. The van der Waals surface area contributed by atoms with Gasteiger partial charge in [0.1, 0.15) is 11.5 Å². The Bertz CT molecular complexity index is 646. The lowest BCUT2D eigenvalue weighted by Crippen LogP contribution is -2.07. The number of benzene rings is 2. The number of hydrogen-bond donors (Lipinski definition) is 1. The van der Waals surface area contributed by atoms with Crippen molar-refractivity contribution in [1.29, 1.82) is 0 Å². The van der Waals surface area contributed by atoms with Crippen molar-refractivity contribution in [1.82, 2.24) is 0 Å². The lowest BCUT2D eigenvalue weighted by atomic mass is 10.2. The zero-order valence-electron chi connectivity index (χ0n) is 9.84. The van der Waals surface area contributed by atoms with Crippen LogP contribution in [0.4, 0.5) is 18.9 Å². The molecule has 2 nitrogen and oxygen atoms in total. The fraction of sp³-hybridized carbons (Fsp3) is 0.0769. The molecule has 0 radical (unpaired) electrons. The van der Waals surface area contributed by atoms with Gasteiger partial charge < -0.3 is 10.5 Å². The Morgan fingerprint density at radius 2 is 1.80 bits per heavy atom. The average molecular weight is 367 g/mol. The van der Waals surface area contributed by atoms with Crippen molar-refractivity contribution >= 4 is 33.2 Å². The maximum absolute atomic E-state index is 12.9. The molecule has 20 heavy (non-hydrogen) atoms. The molecule has 2 rings (SSSR count). The molecule has 0 unspecified atom stereocenters. The average Bonchev–Trinajstić information content (AvgIpc) is 2.32. The molecule has 0 saturated heterocycles. The minimum absolute atomic E-state index is 0.174. The molecule has 0 saturated carbocycles. The minimum Gasteiger partial charge on any atom is -0.457 e. The van der Waals surface area contributed by atoms with Gasteiger partial charge in [0.05, 0.1) is 16.3 Å². The predicted molar refractivity (Wildman–Crippen MR) is 75.1 cm³/mol. The Morgan fingerprint density at radius 1 is 1.10 bits per heavy atom. The normalized spacial score (nSPS) is 11.4. The van der Waals surface area contributed by atoms with Gasteiger partial charge in [0.25, 0.3) is 0 Å². The highest BCUT2D eigenvalue weighted by molar-refractivity contribution is 9.10. The van der Waals surface area contributed by atoms with Crippen molar-refractivity contribution in [3.05, 3.63) is 51.5 Å². The molecule has 7 heteroatoms. The Labute approximate surface area is 126 Å². The summed E-state index contributed by atoms with van der Waals surface area (Å²) in [5.74, 6) is -0.138. The van der Waals surface area contributed by atoms with Gasteiger partial charge in [0.2, 0.25) is 0 Å². The monoisotopic (exact) mass is 365 g/mol. The van der Waals surface area contributed by atoms with E-state index in [2.05, 4.69) is 15.9 Å². The Hall–Kier alpha value is -1.40. The Kier molecular flexibility index (Phi) is 4.15. The molecule has 0 aromatic heterocycles. The van der Waals surface area contributed by atoms with Crippen LogP contribution in [0.25, 0.3) is 0 Å². The summed E-state index contributed by atoms with van der Waals surface area (Å²) < 4.78 is 44.4. The summed E-state index contributed by atoms with van der Waals surface area (Å²) in [6.45, 7) is 0. The SMILES string of the molecule is Nc1ccc(Oc2cc(Br)ccc2C(F)(F)F)cc1Cl. The predicted octanol–water partition coefficient (Wildman–Crippen LogP) is 5.50. The second kappa shape index (κ2) is 5.54. The summed E-state index contributed by atoms with van der Waals surface area (Å²) in [5.41, 5.74) is 4.99. The van der Waals surface area contributed by atoms with Gasteiger partial charge in [0.15, 0.2) is 0 Å². The van der Waals surface area contributed by atoms with Gasteiger partial charge in [-0.15, -0.1) is 0 Å². The van der Waals surface area contributed by atoms with E-state index in [1.54, 1.807) is 0 Å².